The number of anilines is 2. The van der Waals surface area contributed by atoms with Gasteiger partial charge < -0.3 is 5.32 Å². The lowest BCUT2D eigenvalue weighted by Crippen LogP contribution is -2.29. The molecular weight excluding hydrogens is 416 g/mol. The minimum Gasteiger partial charge on any atom is -0.324 e. The summed E-state index contributed by atoms with van der Waals surface area (Å²) >= 11 is 0. The third-order valence-corrected chi connectivity index (χ3v) is 6.15. The summed E-state index contributed by atoms with van der Waals surface area (Å²) in [6.45, 7) is 3.26. The van der Waals surface area contributed by atoms with E-state index in [9.17, 15) is 21.6 Å². The van der Waals surface area contributed by atoms with Crippen LogP contribution in [-0.4, -0.2) is 40.9 Å². The van der Waals surface area contributed by atoms with E-state index in [-0.39, 0.29) is 10.7 Å². The SMILES string of the molecule is Cc1ccc(NC(=O)[C@H](C)N=C2NS(=O)(=O)c3ccccc32)cc1NS(C)(=O)=O. The van der Waals surface area contributed by atoms with Crippen molar-refractivity contribution in [3.05, 3.63) is 53.6 Å². The molecule has 1 atom stereocenters. The molecule has 9 nitrogen and oxygen atoms in total. The average molecular weight is 437 g/mol. The number of amides is 1. The van der Waals surface area contributed by atoms with Gasteiger partial charge in [-0.05, 0) is 43.7 Å². The number of nitrogens with zero attached hydrogens (tertiary/aromatic N) is 1. The Morgan fingerprint density at radius 3 is 2.55 bits per heavy atom. The first-order valence-corrected chi connectivity index (χ1v) is 11.9. The molecule has 0 spiro atoms. The number of hydrogen-bond donors (Lipinski definition) is 3. The minimum atomic E-state index is -3.69. The van der Waals surface area contributed by atoms with Crippen molar-refractivity contribution in [2.75, 3.05) is 16.3 Å². The van der Waals surface area contributed by atoms with Crippen LogP contribution in [0.4, 0.5) is 11.4 Å². The number of carbonyl (C=O) groups excluding carboxylic acids is 1. The Morgan fingerprint density at radius 2 is 1.86 bits per heavy atom. The van der Waals surface area contributed by atoms with E-state index in [0.29, 0.717) is 22.5 Å². The fourth-order valence-electron chi connectivity index (χ4n) is 2.74. The lowest BCUT2D eigenvalue weighted by Gasteiger charge is -2.13. The summed E-state index contributed by atoms with van der Waals surface area (Å²) in [6, 6.07) is 10.3. The number of hydrogen-bond acceptors (Lipinski definition) is 6. The maximum absolute atomic E-state index is 12.5. The summed E-state index contributed by atoms with van der Waals surface area (Å²) < 4.78 is 52.0. The van der Waals surface area contributed by atoms with Gasteiger partial charge >= 0.3 is 0 Å². The Bertz CT molecular complexity index is 1220. The molecule has 0 bridgehead atoms. The zero-order chi connectivity index (χ0) is 21.4. The zero-order valence-corrected chi connectivity index (χ0v) is 17.6. The molecule has 0 unspecified atom stereocenters. The highest BCUT2D eigenvalue weighted by atomic mass is 32.2. The van der Waals surface area contributed by atoms with Gasteiger partial charge in [0.2, 0.25) is 15.9 Å². The first kappa shape index (κ1) is 20.8. The molecule has 2 aromatic rings. The third kappa shape index (κ3) is 4.74. The van der Waals surface area contributed by atoms with Gasteiger partial charge in [0.15, 0.2) is 0 Å². The summed E-state index contributed by atoms with van der Waals surface area (Å²) in [5.41, 5.74) is 1.83. The summed E-state index contributed by atoms with van der Waals surface area (Å²) in [5.74, 6) is -0.373. The molecule has 0 aromatic heterocycles. The van der Waals surface area contributed by atoms with Crippen LogP contribution >= 0.6 is 0 Å². The van der Waals surface area contributed by atoms with Crippen molar-refractivity contribution in [3.63, 3.8) is 0 Å². The van der Waals surface area contributed by atoms with Gasteiger partial charge in [0.25, 0.3) is 10.0 Å². The number of benzene rings is 2. The van der Waals surface area contributed by atoms with Gasteiger partial charge in [-0.1, -0.05) is 18.2 Å². The van der Waals surface area contributed by atoms with Gasteiger partial charge in [-0.2, -0.15) is 0 Å². The molecule has 0 aliphatic carbocycles. The van der Waals surface area contributed by atoms with Crippen molar-refractivity contribution in [1.82, 2.24) is 4.72 Å². The van der Waals surface area contributed by atoms with Crippen molar-refractivity contribution in [1.29, 1.82) is 0 Å². The molecule has 1 amide bonds. The number of fused-ring (bicyclic) bond motifs is 1. The van der Waals surface area contributed by atoms with Crippen molar-refractivity contribution < 1.29 is 21.6 Å². The number of aryl methyl sites for hydroxylation is 1. The van der Waals surface area contributed by atoms with E-state index in [0.717, 1.165) is 6.26 Å². The average Bonchev–Trinajstić information content (AvgIpc) is 2.87. The normalized spacial score (nSPS) is 17.3. The first-order chi connectivity index (χ1) is 13.5. The monoisotopic (exact) mass is 436 g/mol. The highest BCUT2D eigenvalue weighted by Gasteiger charge is 2.31. The van der Waals surface area contributed by atoms with E-state index >= 15 is 0 Å². The highest BCUT2D eigenvalue weighted by Crippen LogP contribution is 2.24. The second-order valence-corrected chi connectivity index (χ2v) is 10.0. The molecule has 154 valence electrons. The Hall–Kier alpha value is -2.92. The quantitative estimate of drug-likeness (QED) is 0.652. The molecule has 0 saturated carbocycles. The number of nitrogens with one attached hydrogen (secondary N) is 3. The third-order valence-electron chi connectivity index (χ3n) is 4.17. The summed E-state index contributed by atoms with van der Waals surface area (Å²) in [6.07, 6.45) is 1.04. The second-order valence-electron chi connectivity index (χ2n) is 6.65. The molecule has 2 aromatic carbocycles. The van der Waals surface area contributed by atoms with Gasteiger partial charge in [0, 0.05) is 11.3 Å². The number of carbonyl (C=O) groups is 1. The Balaban J connectivity index is 1.80. The van der Waals surface area contributed by atoms with Gasteiger partial charge in [-0.25, -0.2) is 16.8 Å². The zero-order valence-electron chi connectivity index (χ0n) is 15.9. The molecule has 11 heteroatoms. The van der Waals surface area contributed by atoms with Crippen LogP contribution in [0.2, 0.25) is 0 Å². The molecule has 0 fully saturated rings. The van der Waals surface area contributed by atoms with Crippen LogP contribution < -0.4 is 14.8 Å². The van der Waals surface area contributed by atoms with Crippen LogP contribution in [-0.2, 0) is 24.8 Å². The maximum Gasteiger partial charge on any atom is 0.263 e. The number of sulfonamides is 2. The van der Waals surface area contributed by atoms with Crippen LogP contribution in [0.3, 0.4) is 0 Å². The standard InChI is InChI=1S/C18H20N4O5S2/c1-11-8-9-13(10-15(11)21-28(3,24)25)20-18(23)12(2)19-17-14-6-4-5-7-16(14)29(26,27)22-17/h4-10,12,21H,1-3H3,(H,19,22)(H,20,23)/t12-/m0/s1. The van der Waals surface area contributed by atoms with Gasteiger partial charge in [-0.3, -0.25) is 19.2 Å². The van der Waals surface area contributed by atoms with Gasteiger partial charge in [0.1, 0.15) is 11.9 Å². The van der Waals surface area contributed by atoms with Crippen LogP contribution in [0.5, 0.6) is 0 Å². The Kier molecular flexibility index (Phi) is 5.37. The lowest BCUT2D eigenvalue weighted by molar-refractivity contribution is -0.117. The fourth-order valence-corrected chi connectivity index (χ4v) is 4.60. The fraction of sp³-hybridized carbons (Fsp3) is 0.222. The van der Waals surface area contributed by atoms with Gasteiger partial charge in [-0.15, -0.1) is 0 Å². The minimum absolute atomic E-state index is 0.103. The van der Waals surface area contributed by atoms with Gasteiger partial charge in [0.05, 0.1) is 16.8 Å². The second kappa shape index (κ2) is 7.48. The Morgan fingerprint density at radius 1 is 1.17 bits per heavy atom. The summed E-state index contributed by atoms with van der Waals surface area (Å²) in [7, 11) is -7.16. The molecule has 1 aliphatic rings. The molecule has 3 rings (SSSR count). The molecule has 0 saturated heterocycles. The van der Waals surface area contributed by atoms with E-state index in [2.05, 4.69) is 19.8 Å². The topological polar surface area (TPSA) is 134 Å². The Labute approximate surface area is 169 Å². The maximum atomic E-state index is 12.5. The number of rotatable bonds is 5. The lowest BCUT2D eigenvalue weighted by atomic mass is 10.2. The number of aliphatic imine (C=N–C) groups is 1. The largest absolute Gasteiger partial charge is 0.324 e. The molecule has 0 radical (unpaired) electrons. The molecular formula is C18H20N4O5S2. The van der Waals surface area contributed by atoms with Crippen LogP contribution in [0, 0.1) is 6.92 Å². The van der Waals surface area contributed by atoms with E-state index in [1.165, 1.54) is 19.1 Å². The first-order valence-electron chi connectivity index (χ1n) is 8.55. The van der Waals surface area contributed by atoms with E-state index < -0.39 is 32.0 Å². The predicted octanol–water partition coefficient (Wildman–Crippen LogP) is 1.43. The molecule has 29 heavy (non-hydrogen) atoms. The highest BCUT2D eigenvalue weighted by molar-refractivity contribution is 7.92. The molecule has 1 heterocycles. The smallest absolute Gasteiger partial charge is 0.263 e. The molecule has 3 N–H and O–H groups in total. The predicted molar refractivity (Wildman–Crippen MR) is 111 cm³/mol. The summed E-state index contributed by atoms with van der Waals surface area (Å²) in [4.78, 5) is 16.8. The number of amidine groups is 1. The van der Waals surface area contributed by atoms with Crippen molar-refractivity contribution in [3.8, 4) is 0 Å². The van der Waals surface area contributed by atoms with E-state index in [4.69, 9.17) is 0 Å². The van der Waals surface area contributed by atoms with Crippen LogP contribution in [0.1, 0.15) is 18.1 Å². The van der Waals surface area contributed by atoms with Crippen molar-refractivity contribution in [2.24, 2.45) is 4.99 Å². The van der Waals surface area contributed by atoms with Crippen molar-refractivity contribution >= 4 is 43.2 Å². The van der Waals surface area contributed by atoms with E-state index in [1.807, 2.05) is 0 Å². The van der Waals surface area contributed by atoms with Crippen LogP contribution in [0.25, 0.3) is 0 Å². The van der Waals surface area contributed by atoms with Crippen LogP contribution in [0.15, 0.2) is 52.4 Å². The van der Waals surface area contributed by atoms with E-state index in [1.54, 1.807) is 37.3 Å². The van der Waals surface area contributed by atoms with Crippen molar-refractivity contribution in [2.45, 2.75) is 24.8 Å². The summed E-state index contributed by atoms with van der Waals surface area (Å²) in [5, 5.41) is 2.66. The molecule has 1 aliphatic heterocycles.